The van der Waals surface area contributed by atoms with Crippen LogP contribution in [0.3, 0.4) is 0 Å². The maximum atomic E-state index is 12.5. The average molecular weight is 262 g/mol. The Balaban J connectivity index is 1.35. The number of amides is 1. The second-order valence-electron chi connectivity index (χ2n) is 7.60. The molecule has 0 spiro atoms. The maximum absolute atomic E-state index is 12.5. The Morgan fingerprint density at radius 3 is 2.58 bits per heavy atom. The molecule has 3 nitrogen and oxygen atoms in total. The molecule has 4 aliphatic rings. The van der Waals surface area contributed by atoms with Gasteiger partial charge in [-0.25, -0.2) is 0 Å². The van der Waals surface area contributed by atoms with Crippen molar-refractivity contribution in [2.24, 2.45) is 35.3 Å². The van der Waals surface area contributed by atoms with Crippen molar-refractivity contribution in [3.8, 4) is 0 Å². The minimum Gasteiger partial charge on any atom is -0.342 e. The van der Waals surface area contributed by atoms with E-state index in [1.807, 2.05) is 0 Å². The van der Waals surface area contributed by atoms with Gasteiger partial charge in [-0.2, -0.15) is 0 Å². The smallest absolute Gasteiger partial charge is 0.222 e. The summed E-state index contributed by atoms with van der Waals surface area (Å²) in [6, 6.07) is 0.352. The lowest BCUT2D eigenvalue weighted by Gasteiger charge is -2.25. The Morgan fingerprint density at radius 2 is 1.89 bits per heavy atom. The van der Waals surface area contributed by atoms with Crippen LogP contribution >= 0.6 is 0 Å². The molecule has 19 heavy (non-hydrogen) atoms. The van der Waals surface area contributed by atoms with Crippen LogP contribution in [-0.4, -0.2) is 29.9 Å². The van der Waals surface area contributed by atoms with Crippen LogP contribution in [0.15, 0.2) is 0 Å². The van der Waals surface area contributed by atoms with Crippen LogP contribution in [-0.2, 0) is 4.79 Å². The van der Waals surface area contributed by atoms with Crippen molar-refractivity contribution in [2.75, 3.05) is 13.1 Å². The molecule has 1 heterocycles. The monoisotopic (exact) mass is 262 g/mol. The third kappa shape index (κ3) is 2.01. The molecule has 0 radical (unpaired) electrons. The number of nitrogens with two attached hydrogens (primary N) is 1. The fourth-order valence-corrected chi connectivity index (χ4v) is 5.49. The van der Waals surface area contributed by atoms with Gasteiger partial charge in [0.25, 0.3) is 0 Å². The molecule has 3 aliphatic carbocycles. The van der Waals surface area contributed by atoms with E-state index in [-0.39, 0.29) is 0 Å². The number of hydrogen-bond acceptors (Lipinski definition) is 2. The van der Waals surface area contributed by atoms with Gasteiger partial charge in [0.15, 0.2) is 0 Å². The Bertz CT molecular complexity index is 383. The van der Waals surface area contributed by atoms with Crippen molar-refractivity contribution in [3.63, 3.8) is 0 Å². The van der Waals surface area contributed by atoms with Gasteiger partial charge < -0.3 is 10.6 Å². The van der Waals surface area contributed by atoms with Crippen molar-refractivity contribution in [1.82, 2.24) is 4.90 Å². The highest BCUT2D eigenvalue weighted by atomic mass is 16.2. The van der Waals surface area contributed by atoms with E-state index in [0.29, 0.717) is 29.7 Å². The molecule has 1 saturated heterocycles. The quantitative estimate of drug-likeness (QED) is 0.827. The Labute approximate surface area is 115 Å². The lowest BCUT2D eigenvalue weighted by molar-refractivity contribution is -0.131. The van der Waals surface area contributed by atoms with Gasteiger partial charge in [0.05, 0.1) is 0 Å². The molecule has 0 aromatic carbocycles. The first kappa shape index (κ1) is 12.2. The molecular weight excluding hydrogens is 236 g/mol. The van der Waals surface area contributed by atoms with Crippen LogP contribution in [0, 0.1) is 29.6 Å². The van der Waals surface area contributed by atoms with Crippen LogP contribution in [0.1, 0.15) is 44.9 Å². The molecule has 2 bridgehead atoms. The number of carbonyl (C=O) groups excluding carboxylic acids is 1. The van der Waals surface area contributed by atoms with Gasteiger partial charge in [-0.15, -0.1) is 0 Å². The molecule has 3 saturated carbocycles. The molecule has 4 rings (SSSR count). The van der Waals surface area contributed by atoms with E-state index < -0.39 is 0 Å². The molecule has 1 aliphatic heterocycles. The average Bonchev–Trinajstić information content (AvgIpc) is 3.11. The summed E-state index contributed by atoms with van der Waals surface area (Å²) < 4.78 is 0. The van der Waals surface area contributed by atoms with Gasteiger partial charge in [-0.1, -0.05) is 6.42 Å². The molecule has 6 atom stereocenters. The fourth-order valence-electron chi connectivity index (χ4n) is 5.49. The third-order valence-corrected chi connectivity index (χ3v) is 6.59. The fraction of sp³-hybridized carbons (Fsp3) is 0.938. The highest BCUT2D eigenvalue weighted by molar-refractivity contribution is 5.77. The van der Waals surface area contributed by atoms with Crippen LogP contribution in [0.5, 0.6) is 0 Å². The lowest BCUT2D eigenvalue weighted by Crippen LogP contribution is -2.34. The molecule has 0 aromatic heterocycles. The van der Waals surface area contributed by atoms with Gasteiger partial charge in [-0.05, 0) is 61.7 Å². The number of nitrogens with zero attached hydrogens (tertiary/aromatic N) is 1. The zero-order valence-electron chi connectivity index (χ0n) is 11.8. The van der Waals surface area contributed by atoms with Crippen molar-refractivity contribution < 1.29 is 4.79 Å². The summed E-state index contributed by atoms with van der Waals surface area (Å²) >= 11 is 0. The molecule has 106 valence electrons. The minimum absolute atomic E-state index is 0.352. The van der Waals surface area contributed by atoms with Crippen LogP contribution < -0.4 is 5.73 Å². The summed E-state index contributed by atoms with van der Waals surface area (Å²) in [5.74, 6) is 4.27. The Morgan fingerprint density at radius 1 is 1.05 bits per heavy atom. The Kier molecular flexibility index (Phi) is 2.87. The summed E-state index contributed by atoms with van der Waals surface area (Å²) in [5, 5.41) is 0. The van der Waals surface area contributed by atoms with Crippen molar-refractivity contribution >= 4 is 5.91 Å². The van der Waals surface area contributed by atoms with Gasteiger partial charge in [0.1, 0.15) is 0 Å². The molecule has 1 amide bonds. The number of likely N-dealkylation sites (tertiary alicyclic amines) is 1. The maximum Gasteiger partial charge on any atom is 0.222 e. The van der Waals surface area contributed by atoms with Crippen LogP contribution in [0.25, 0.3) is 0 Å². The summed E-state index contributed by atoms with van der Waals surface area (Å²) in [7, 11) is 0. The molecule has 0 aromatic rings. The number of rotatable bonds is 2. The van der Waals surface area contributed by atoms with E-state index in [2.05, 4.69) is 4.90 Å². The highest BCUT2D eigenvalue weighted by Gasteiger charge is 2.44. The predicted octanol–water partition coefficient (Wildman–Crippen LogP) is 2.01. The number of hydrogen-bond donors (Lipinski definition) is 1. The third-order valence-electron chi connectivity index (χ3n) is 6.59. The zero-order chi connectivity index (χ0) is 13.0. The molecule has 3 heteroatoms. The first-order valence-corrected chi connectivity index (χ1v) is 8.24. The number of fused-ring (bicyclic) bond motifs is 3. The molecule has 2 N–H and O–H groups in total. The normalized spacial score (nSPS) is 47.9. The standard InChI is InChI=1S/C16H26N2O/c17-15-4-3-12-8-18(9-14(12)15)16(19)7-13-6-10-1-2-11(13)5-10/h10-15H,1-9,17H2. The van der Waals surface area contributed by atoms with Crippen molar-refractivity contribution in [1.29, 1.82) is 0 Å². The van der Waals surface area contributed by atoms with E-state index in [0.717, 1.165) is 31.3 Å². The zero-order valence-corrected chi connectivity index (χ0v) is 11.8. The Hall–Kier alpha value is -0.570. The van der Waals surface area contributed by atoms with E-state index in [1.165, 1.54) is 38.5 Å². The minimum atomic E-state index is 0.352. The van der Waals surface area contributed by atoms with E-state index in [1.54, 1.807) is 0 Å². The summed E-state index contributed by atoms with van der Waals surface area (Å²) in [6.45, 7) is 1.95. The van der Waals surface area contributed by atoms with Crippen molar-refractivity contribution in [2.45, 2.75) is 51.0 Å². The first-order valence-electron chi connectivity index (χ1n) is 8.24. The second-order valence-corrected chi connectivity index (χ2v) is 7.60. The topological polar surface area (TPSA) is 46.3 Å². The number of carbonyl (C=O) groups is 1. The van der Waals surface area contributed by atoms with E-state index in [9.17, 15) is 4.79 Å². The first-order chi connectivity index (χ1) is 9.20. The summed E-state index contributed by atoms with van der Waals surface area (Å²) in [4.78, 5) is 14.6. The van der Waals surface area contributed by atoms with E-state index >= 15 is 0 Å². The SMILES string of the molecule is NC1CCC2CN(C(=O)CC3CC4CCC3C4)CC12. The molecule has 4 fully saturated rings. The van der Waals surface area contributed by atoms with Crippen LogP contribution in [0.2, 0.25) is 0 Å². The van der Waals surface area contributed by atoms with Gasteiger partial charge >= 0.3 is 0 Å². The van der Waals surface area contributed by atoms with Gasteiger partial charge in [0.2, 0.25) is 5.91 Å². The lowest BCUT2D eigenvalue weighted by atomic mass is 9.86. The highest BCUT2D eigenvalue weighted by Crippen LogP contribution is 2.50. The predicted molar refractivity (Wildman–Crippen MR) is 74.3 cm³/mol. The molecule has 6 unspecified atom stereocenters. The molecular formula is C16H26N2O. The van der Waals surface area contributed by atoms with Crippen LogP contribution in [0.4, 0.5) is 0 Å². The largest absolute Gasteiger partial charge is 0.342 e. The van der Waals surface area contributed by atoms with E-state index in [4.69, 9.17) is 5.73 Å². The van der Waals surface area contributed by atoms with Crippen molar-refractivity contribution in [3.05, 3.63) is 0 Å². The second kappa shape index (κ2) is 4.47. The van der Waals surface area contributed by atoms with Gasteiger partial charge in [-0.3, -0.25) is 4.79 Å². The van der Waals surface area contributed by atoms with Gasteiger partial charge in [0, 0.05) is 25.6 Å². The summed E-state index contributed by atoms with van der Waals surface area (Å²) in [5.41, 5.74) is 6.16. The summed E-state index contributed by atoms with van der Waals surface area (Å²) in [6.07, 6.45) is 8.80.